The van der Waals surface area contributed by atoms with Crippen molar-refractivity contribution in [1.29, 1.82) is 0 Å². The van der Waals surface area contributed by atoms with Gasteiger partial charge < -0.3 is 5.73 Å². The van der Waals surface area contributed by atoms with E-state index in [1.165, 1.54) is 0 Å². The van der Waals surface area contributed by atoms with Crippen molar-refractivity contribution in [1.82, 2.24) is 4.31 Å². The van der Waals surface area contributed by atoms with Crippen molar-refractivity contribution in [2.75, 3.05) is 6.54 Å². The van der Waals surface area contributed by atoms with Gasteiger partial charge in [-0.1, -0.05) is 18.5 Å². The third kappa shape index (κ3) is 3.79. The van der Waals surface area contributed by atoms with E-state index in [1.807, 2.05) is 6.92 Å². The van der Waals surface area contributed by atoms with Crippen LogP contribution in [0.1, 0.15) is 32.6 Å². The highest BCUT2D eigenvalue weighted by Crippen LogP contribution is 2.30. The molecule has 4 nitrogen and oxygen atoms in total. The molecule has 0 heterocycles. The fourth-order valence-corrected chi connectivity index (χ4v) is 5.16. The van der Waals surface area contributed by atoms with E-state index in [0.29, 0.717) is 16.0 Å². The lowest BCUT2D eigenvalue weighted by Gasteiger charge is -2.34. The third-order valence-corrected chi connectivity index (χ3v) is 7.20. The maximum Gasteiger partial charge on any atom is 0.243 e. The van der Waals surface area contributed by atoms with Crippen LogP contribution in [0.4, 0.5) is 0 Å². The molecule has 0 saturated heterocycles. The van der Waals surface area contributed by atoms with Gasteiger partial charge in [-0.05, 0) is 59.8 Å². The predicted molar refractivity (Wildman–Crippen MR) is 88.9 cm³/mol. The van der Waals surface area contributed by atoms with Crippen LogP contribution in [-0.2, 0) is 10.0 Å². The van der Waals surface area contributed by atoms with Crippen molar-refractivity contribution in [3.05, 3.63) is 27.7 Å². The Morgan fingerprint density at radius 2 is 1.95 bits per heavy atom. The number of rotatable bonds is 4. The first-order valence-electron chi connectivity index (χ1n) is 7.08. The SMILES string of the molecule is CCN(C1CCC(N)CC1)S(=O)(=O)c1ccc(Cl)c(Br)c1. The molecule has 118 valence electrons. The normalized spacial score (nSPS) is 23.5. The fourth-order valence-electron chi connectivity index (χ4n) is 2.79. The molecule has 0 radical (unpaired) electrons. The summed E-state index contributed by atoms with van der Waals surface area (Å²) in [5, 5.41) is 0.501. The van der Waals surface area contributed by atoms with Gasteiger partial charge in [0, 0.05) is 23.1 Å². The monoisotopic (exact) mass is 394 g/mol. The van der Waals surface area contributed by atoms with Gasteiger partial charge in [0.05, 0.1) is 9.92 Å². The molecule has 0 unspecified atom stereocenters. The first-order chi connectivity index (χ1) is 9.86. The molecule has 1 aromatic rings. The smallest absolute Gasteiger partial charge is 0.243 e. The zero-order valence-electron chi connectivity index (χ0n) is 11.9. The van der Waals surface area contributed by atoms with Gasteiger partial charge in [-0.15, -0.1) is 0 Å². The van der Waals surface area contributed by atoms with Crippen LogP contribution in [0.25, 0.3) is 0 Å². The van der Waals surface area contributed by atoms with Crippen LogP contribution in [0.3, 0.4) is 0 Å². The Kier molecular flexibility index (Phi) is 5.71. The molecule has 0 aliphatic heterocycles. The van der Waals surface area contributed by atoms with E-state index in [-0.39, 0.29) is 17.0 Å². The molecule has 1 aromatic carbocycles. The summed E-state index contributed by atoms with van der Waals surface area (Å²) in [5.41, 5.74) is 5.91. The Bertz CT molecular complexity index is 601. The molecule has 21 heavy (non-hydrogen) atoms. The zero-order chi connectivity index (χ0) is 15.6. The Labute approximate surface area is 139 Å². The Morgan fingerprint density at radius 1 is 1.33 bits per heavy atom. The van der Waals surface area contributed by atoms with E-state index in [2.05, 4.69) is 15.9 Å². The minimum Gasteiger partial charge on any atom is -0.328 e. The molecular formula is C14H20BrClN2O2S. The summed E-state index contributed by atoms with van der Waals surface area (Å²) in [6.07, 6.45) is 3.40. The van der Waals surface area contributed by atoms with Crippen LogP contribution in [0.2, 0.25) is 5.02 Å². The van der Waals surface area contributed by atoms with Crippen LogP contribution in [0.5, 0.6) is 0 Å². The second kappa shape index (κ2) is 6.96. The van der Waals surface area contributed by atoms with Crippen molar-refractivity contribution in [2.45, 2.75) is 49.6 Å². The molecule has 2 rings (SSSR count). The largest absolute Gasteiger partial charge is 0.328 e. The van der Waals surface area contributed by atoms with Crippen molar-refractivity contribution >= 4 is 37.6 Å². The summed E-state index contributed by atoms with van der Waals surface area (Å²) in [4.78, 5) is 0.274. The first-order valence-corrected chi connectivity index (χ1v) is 9.69. The van der Waals surface area contributed by atoms with Gasteiger partial charge in [-0.3, -0.25) is 0 Å². The van der Waals surface area contributed by atoms with E-state index in [9.17, 15) is 8.42 Å². The van der Waals surface area contributed by atoms with Gasteiger partial charge in [0.2, 0.25) is 10.0 Å². The third-order valence-electron chi connectivity index (χ3n) is 3.96. The van der Waals surface area contributed by atoms with Crippen LogP contribution in [0, 0.1) is 0 Å². The standard InChI is InChI=1S/C14H20BrClN2O2S/c1-2-18(11-5-3-10(17)4-6-11)21(19,20)12-7-8-14(16)13(15)9-12/h7-11H,2-6,17H2,1H3. The average molecular weight is 396 g/mol. The number of nitrogens with zero attached hydrogens (tertiary/aromatic N) is 1. The Balaban J connectivity index is 2.29. The molecule has 1 aliphatic carbocycles. The minimum absolute atomic E-state index is 0.0363. The van der Waals surface area contributed by atoms with Crippen LogP contribution < -0.4 is 5.73 Å². The Morgan fingerprint density at radius 3 is 2.48 bits per heavy atom. The highest BCUT2D eigenvalue weighted by atomic mass is 79.9. The summed E-state index contributed by atoms with van der Waals surface area (Å²) < 4.78 is 27.9. The van der Waals surface area contributed by atoms with Crippen LogP contribution in [-0.4, -0.2) is 31.4 Å². The quantitative estimate of drug-likeness (QED) is 0.850. The first kappa shape index (κ1) is 17.2. The second-order valence-electron chi connectivity index (χ2n) is 5.35. The molecule has 1 fully saturated rings. The van der Waals surface area contributed by atoms with Crippen LogP contribution in [0.15, 0.2) is 27.6 Å². The highest BCUT2D eigenvalue weighted by molar-refractivity contribution is 9.10. The summed E-state index contributed by atoms with van der Waals surface area (Å²) in [7, 11) is -3.50. The summed E-state index contributed by atoms with van der Waals surface area (Å²) in [6.45, 7) is 2.33. The highest BCUT2D eigenvalue weighted by Gasteiger charge is 2.32. The Hall–Kier alpha value is -0.140. The summed E-state index contributed by atoms with van der Waals surface area (Å²) >= 11 is 9.22. The van der Waals surface area contributed by atoms with Crippen LogP contribution >= 0.6 is 27.5 Å². The molecular weight excluding hydrogens is 376 g/mol. The number of hydrogen-bond donors (Lipinski definition) is 1. The lowest BCUT2D eigenvalue weighted by atomic mass is 9.92. The predicted octanol–water partition coefficient (Wildman–Crippen LogP) is 3.38. The van der Waals surface area contributed by atoms with Crippen molar-refractivity contribution < 1.29 is 8.42 Å². The van der Waals surface area contributed by atoms with Gasteiger partial charge in [0.1, 0.15) is 0 Å². The van der Waals surface area contributed by atoms with E-state index in [0.717, 1.165) is 25.7 Å². The maximum absolute atomic E-state index is 12.8. The van der Waals surface area contributed by atoms with Crippen molar-refractivity contribution in [2.24, 2.45) is 5.73 Å². The van der Waals surface area contributed by atoms with Gasteiger partial charge in [-0.2, -0.15) is 4.31 Å². The summed E-state index contributed by atoms with van der Waals surface area (Å²) in [5.74, 6) is 0. The zero-order valence-corrected chi connectivity index (χ0v) is 15.1. The van der Waals surface area contributed by atoms with Crippen molar-refractivity contribution in [3.8, 4) is 0 Å². The van der Waals surface area contributed by atoms with Gasteiger partial charge in [0.15, 0.2) is 0 Å². The second-order valence-corrected chi connectivity index (χ2v) is 8.50. The van der Waals surface area contributed by atoms with Gasteiger partial charge in [0.25, 0.3) is 0 Å². The lowest BCUT2D eigenvalue weighted by molar-refractivity contribution is 0.247. The molecule has 1 saturated carbocycles. The lowest BCUT2D eigenvalue weighted by Crippen LogP contribution is -2.44. The van der Waals surface area contributed by atoms with E-state index >= 15 is 0 Å². The van der Waals surface area contributed by atoms with E-state index in [4.69, 9.17) is 17.3 Å². The number of hydrogen-bond acceptors (Lipinski definition) is 3. The number of halogens is 2. The molecule has 0 amide bonds. The van der Waals surface area contributed by atoms with E-state index in [1.54, 1.807) is 22.5 Å². The number of sulfonamides is 1. The molecule has 0 spiro atoms. The maximum atomic E-state index is 12.8. The minimum atomic E-state index is -3.50. The molecule has 1 aliphatic rings. The molecule has 0 atom stereocenters. The van der Waals surface area contributed by atoms with Gasteiger partial charge >= 0.3 is 0 Å². The molecule has 0 bridgehead atoms. The topological polar surface area (TPSA) is 63.4 Å². The molecule has 7 heteroatoms. The van der Waals surface area contributed by atoms with Gasteiger partial charge in [-0.25, -0.2) is 8.42 Å². The molecule has 2 N–H and O–H groups in total. The average Bonchev–Trinajstić information content (AvgIpc) is 2.44. The molecule has 0 aromatic heterocycles. The summed E-state index contributed by atoms with van der Waals surface area (Å²) in [6, 6.07) is 4.96. The van der Waals surface area contributed by atoms with Crippen molar-refractivity contribution in [3.63, 3.8) is 0 Å². The number of nitrogens with two attached hydrogens (primary N) is 1. The fraction of sp³-hybridized carbons (Fsp3) is 0.571. The number of benzene rings is 1. The van der Waals surface area contributed by atoms with E-state index < -0.39 is 10.0 Å².